The molecule has 5 rings (SSSR count). The van der Waals surface area contributed by atoms with Gasteiger partial charge in [0.05, 0.1) is 5.52 Å². The zero-order valence-corrected chi connectivity index (χ0v) is 22.9. The maximum atomic E-state index is 16.3. The van der Waals surface area contributed by atoms with Gasteiger partial charge in [0.15, 0.2) is 0 Å². The van der Waals surface area contributed by atoms with Crippen molar-refractivity contribution in [3.8, 4) is 11.5 Å². The van der Waals surface area contributed by atoms with Crippen LogP contribution in [-0.4, -0.2) is 36.7 Å². The first-order valence-corrected chi connectivity index (χ1v) is 14.8. The molecule has 0 aliphatic carbocycles. The summed E-state index contributed by atoms with van der Waals surface area (Å²) in [6, 6.07) is 13.5. The van der Waals surface area contributed by atoms with Gasteiger partial charge in [0.25, 0.3) is 5.91 Å². The first-order valence-electron chi connectivity index (χ1n) is 12.6. The third-order valence-corrected chi connectivity index (χ3v) is 14.7. The van der Waals surface area contributed by atoms with E-state index in [4.69, 9.17) is 0 Å². The van der Waals surface area contributed by atoms with E-state index in [0.717, 1.165) is 5.39 Å². The number of nitrogens with zero attached hydrogens (tertiary/aromatic N) is 3. The van der Waals surface area contributed by atoms with Gasteiger partial charge >= 0.3 is 6.03 Å². The Balaban J connectivity index is 1.81. The summed E-state index contributed by atoms with van der Waals surface area (Å²) in [4.78, 5) is 28.8. The number of hydrogen-bond acceptors (Lipinski definition) is 2. The van der Waals surface area contributed by atoms with Crippen LogP contribution in [0.1, 0.15) is 58.4 Å². The fourth-order valence-corrected chi connectivity index (χ4v) is 12.0. The number of para-hydroxylation sites is 2. The maximum absolute atomic E-state index is 16.3. The van der Waals surface area contributed by atoms with Gasteiger partial charge in [-0.25, -0.2) is 4.79 Å². The number of carbonyl (C=O) groups is 2. The molecule has 1 aromatic heterocycles. The molecule has 3 heterocycles. The van der Waals surface area contributed by atoms with Crippen molar-refractivity contribution >= 4 is 36.6 Å². The van der Waals surface area contributed by atoms with E-state index in [1.807, 2.05) is 18.2 Å². The lowest BCUT2D eigenvalue weighted by Crippen LogP contribution is -2.55. The average molecular weight is 502 g/mol. The van der Waals surface area contributed by atoms with E-state index in [9.17, 15) is 9.59 Å². The van der Waals surface area contributed by atoms with Gasteiger partial charge < -0.3 is 4.90 Å². The Bertz CT molecular complexity index is 1460. The van der Waals surface area contributed by atoms with Crippen molar-refractivity contribution in [1.82, 2.24) is 9.69 Å². The van der Waals surface area contributed by atoms with Gasteiger partial charge in [-0.3, -0.25) is 9.36 Å². The molecule has 36 heavy (non-hydrogen) atoms. The predicted molar refractivity (Wildman–Crippen MR) is 144 cm³/mol. The largest absolute Gasteiger partial charge is 0.359 e. The monoisotopic (exact) mass is 501 g/mol. The van der Waals surface area contributed by atoms with Gasteiger partial charge in [-0.15, -0.1) is 10.7 Å². The molecule has 0 saturated heterocycles. The average Bonchev–Trinajstić information content (AvgIpc) is 3.31. The minimum absolute atomic E-state index is 0.114. The second-order valence-corrected chi connectivity index (χ2v) is 16.5. The molecule has 0 fully saturated rings. The smallest absolute Gasteiger partial charge is 0.312 e. The number of rotatable bonds is 3. The molecule has 3 aromatic rings. The molecule has 2 aliphatic heterocycles. The molecule has 186 valence electrons. The van der Waals surface area contributed by atoms with Crippen molar-refractivity contribution in [2.24, 2.45) is 0 Å². The topological polar surface area (TPSA) is 45.6 Å². The van der Waals surface area contributed by atoms with Crippen molar-refractivity contribution in [1.29, 1.82) is 0 Å². The van der Waals surface area contributed by atoms with Crippen LogP contribution < -0.4 is 4.90 Å². The summed E-state index contributed by atoms with van der Waals surface area (Å²) >= 11 is 0. The Morgan fingerprint density at radius 3 is 2.14 bits per heavy atom. The predicted octanol–water partition coefficient (Wildman–Crippen LogP) is 6.60. The highest BCUT2D eigenvalue weighted by Crippen LogP contribution is 2.52. The number of carbonyl (C=O) groups excluding carboxylic acids is 2. The molecule has 0 saturated carbocycles. The number of anilines is 1. The second kappa shape index (κ2) is 8.07. The molecular weight excluding hydrogens is 469 g/mol. The number of fused-ring (bicyclic) bond motifs is 3. The van der Waals surface area contributed by atoms with Crippen LogP contribution in [0.4, 0.5) is 15.0 Å². The Kier molecular flexibility index (Phi) is 5.45. The molecule has 2 amide bonds. The Hall–Kier alpha value is -3.37. The van der Waals surface area contributed by atoms with E-state index in [1.165, 1.54) is 9.47 Å². The van der Waals surface area contributed by atoms with Gasteiger partial charge in [0.1, 0.15) is 13.8 Å². The van der Waals surface area contributed by atoms with E-state index in [0.29, 0.717) is 44.6 Å². The van der Waals surface area contributed by atoms with Crippen LogP contribution in [0.25, 0.3) is 10.9 Å². The highest BCUT2D eigenvalue weighted by Gasteiger charge is 2.61. The minimum Gasteiger partial charge on any atom is -0.312 e. The SMILES string of the molecule is CC(C)[Si](C#Cc1cc2cccc3c2n1C(=O)N(F)C31C(=O)N(C)c2ccccc21)(C(C)C)C(C)C. The van der Waals surface area contributed by atoms with Crippen molar-refractivity contribution < 1.29 is 14.1 Å². The third-order valence-electron chi connectivity index (χ3n) is 8.41. The number of hydrogen-bond donors (Lipinski definition) is 0. The summed E-state index contributed by atoms with van der Waals surface area (Å²) < 4.78 is 17.7. The van der Waals surface area contributed by atoms with Crippen LogP contribution in [0.15, 0.2) is 48.5 Å². The molecule has 2 aromatic carbocycles. The lowest BCUT2D eigenvalue weighted by molar-refractivity contribution is -0.134. The highest BCUT2D eigenvalue weighted by atomic mass is 28.3. The van der Waals surface area contributed by atoms with E-state index in [-0.39, 0.29) is 5.12 Å². The number of aromatic nitrogens is 1. The fourth-order valence-electron chi connectivity index (χ4n) is 6.77. The maximum Gasteiger partial charge on any atom is 0.359 e. The summed E-state index contributed by atoms with van der Waals surface area (Å²) in [5.74, 6) is 2.85. The fraction of sp³-hybridized carbons (Fsp3) is 0.379. The van der Waals surface area contributed by atoms with Crippen molar-refractivity contribution in [3.63, 3.8) is 0 Å². The number of likely N-dealkylation sites (N-methyl/N-ethyl adjacent to an activating group) is 1. The Morgan fingerprint density at radius 1 is 0.889 bits per heavy atom. The summed E-state index contributed by atoms with van der Waals surface area (Å²) in [5.41, 5.74) is 5.59. The van der Waals surface area contributed by atoms with Gasteiger partial charge in [0.2, 0.25) is 5.54 Å². The summed E-state index contributed by atoms with van der Waals surface area (Å²) in [6.07, 6.45) is 0. The lowest BCUT2D eigenvalue weighted by atomic mass is 9.81. The highest BCUT2D eigenvalue weighted by molar-refractivity contribution is 6.90. The van der Waals surface area contributed by atoms with Gasteiger partial charge in [-0.1, -0.05) is 88.3 Å². The summed E-state index contributed by atoms with van der Waals surface area (Å²) in [5, 5.41) is 0.881. The minimum atomic E-state index is -2.08. The quantitative estimate of drug-likeness (QED) is 0.231. The van der Waals surface area contributed by atoms with Crippen molar-refractivity contribution in [2.75, 3.05) is 11.9 Å². The van der Waals surface area contributed by atoms with E-state index >= 15 is 4.48 Å². The number of halogens is 1. The molecule has 1 unspecified atom stereocenters. The second-order valence-electron chi connectivity index (χ2n) is 10.9. The van der Waals surface area contributed by atoms with Gasteiger partial charge in [-0.2, -0.15) is 0 Å². The lowest BCUT2D eigenvalue weighted by Gasteiger charge is -2.38. The van der Waals surface area contributed by atoms with Crippen molar-refractivity contribution in [2.45, 2.75) is 63.7 Å². The van der Waals surface area contributed by atoms with Crippen LogP contribution in [0.2, 0.25) is 16.6 Å². The van der Waals surface area contributed by atoms with Crippen LogP contribution >= 0.6 is 0 Å². The van der Waals surface area contributed by atoms with Crippen LogP contribution in [0.3, 0.4) is 0 Å². The zero-order valence-electron chi connectivity index (χ0n) is 21.9. The van der Waals surface area contributed by atoms with Crippen LogP contribution in [-0.2, 0) is 10.3 Å². The van der Waals surface area contributed by atoms with Gasteiger partial charge in [-0.05, 0) is 28.8 Å². The van der Waals surface area contributed by atoms with Crippen molar-refractivity contribution in [3.05, 3.63) is 65.4 Å². The first kappa shape index (κ1) is 24.3. The summed E-state index contributed by atoms with van der Waals surface area (Å²) in [7, 11) is -0.465. The Labute approximate surface area is 212 Å². The molecule has 0 bridgehead atoms. The molecular formula is C29H32FN3O2Si. The molecule has 5 nitrogen and oxygen atoms in total. The van der Waals surface area contributed by atoms with Crippen LogP contribution in [0.5, 0.6) is 0 Å². The molecule has 2 aliphatic rings. The summed E-state index contributed by atoms with van der Waals surface area (Å²) in [6.45, 7) is 13.4. The molecule has 7 heteroatoms. The molecule has 1 atom stereocenters. The number of benzene rings is 2. The zero-order chi connectivity index (χ0) is 26.2. The standard InChI is InChI=1S/C29H32FN3O2Si/c1-18(2)36(19(3)4,20(5)6)16-15-22-17-21-11-10-13-24-26(21)32(22)28(35)33(30)29(24)23-12-8-9-14-25(23)31(7)27(29)34/h8-14,17-20H,1-7H3. The van der Waals surface area contributed by atoms with Gasteiger partial charge in [0, 0.05) is 29.2 Å². The molecule has 1 spiro atoms. The van der Waals surface area contributed by atoms with E-state index in [1.54, 1.807) is 37.4 Å². The molecule has 0 radical (unpaired) electrons. The Morgan fingerprint density at radius 2 is 1.50 bits per heavy atom. The van der Waals surface area contributed by atoms with E-state index in [2.05, 4.69) is 53.0 Å². The van der Waals surface area contributed by atoms with Crippen LogP contribution in [0, 0.1) is 11.5 Å². The normalized spacial score (nSPS) is 19.2. The number of amides is 2. The third kappa shape index (κ3) is 2.82. The van der Waals surface area contributed by atoms with E-state index < -0.39 is 25.6 Å². The first-order chi connectivity index (χ1) is 17.0. The molecule has 0 N–H and O–H groups in total.